The Morgan fingerprint density at radius 3 is 2.79 bits per heavy atom. The maximum absolute atomic E-state index is 5.04. The first kappa shape index (κ1) is 17.6. The second-order valence-corrected chi connectivity index (χ2v) is 8.36. The third-order valence-corrected chi connectivity index (χ3v) is 6.10. The van der Waals surface area contributed by atoms with Crippen LogP contribution in [0.1, 0.15) is 43.1 Å². The smallest absolute Gasteiger partial charge is 0.124 e. The van der Waals surface area contributed by atoms with Gasteiger partial charge in [0.25, 0.3) is 0 Å². The first-order valence-corrected chi connectivity index (χ1v) is 10.6. The highest BCUT2D eigenvalue weighted by Gasteiger charge is 2.20. The van der Waals surface area contributed by atoms with Crippen molar-refractivity contribution < 1.29 is 0 Å². The molecule has 0 radical (unpaired) electrons. The predicted molar refractivity (Wildman–Crippen MR) is 115 cm³/mol. The van der Waals surface area contributed by atoms with Gasteiger partial charge in [0.05, 0.1) is 17.6 Å². The molecule has 0 unspecified atom stereocenters. The molecule has 0 fully saturated rings. The Bertz CT molecular complexity index is 1000. The molecule has 2 aliphatic rings. The zero-order chi connectivity index (χ0) is 18.9. The summed E-state index contributed by atoms with van der Waals surface area (Å²) in [5.41, 5.74) is 6.28. The molecule has 0 amide bonds. The number of nitrogens with zero attached hydrogens (tertiary/aromatic N) is 4. The number of fused-ring (bicyclic) bond motifs is 3. The van der Waals surface area contributed by atoms with Gasteiger partial charge in [-0.05, 0) is 48.4 Å². The van der Waals surface area contributed by atoms with Gasteiger partial charge in [-0.3, -0.25) is 9.89 Å². The van der Waals surface area contributed by atoms with Crippen molar-refractivity contribution in [2.75, 3.05) is 13.1 Å². The van der Waals surface area contributed by atoms with E-state index >= 15 is 0 Å². The predicted octanol–water partition coefficient (Wildman–Crippen LogP) is 4.66. The summed E-state index contributed by atoms with van der Waals surface area (Å²) in [7, 11) is 0. The quantitative estimate of drug-likeness (QED) is 0.670. The summed E-state index contributed by atoms with van der Waals surface area (Å²) in [5, 5.41) is 0. The van der Waals surface area contributed by atoms with E-state index in [0.717, 1.165) is 51.1 Å². The number of rotatable bonds is 3. The lowest BCUT2D eigenvalue weighted by Crippen LogP contribution is -2.23. The van der Waals surface area contributed by atoms with E-state index in [0.29, 0.717) is 5.92 Å². The van der Waals surface area contributed by atoms with E-state index in [9.17, 15) is 0 Å². The van der Waals surface area contributed by atoms with Gasteiger partial charge in [0.1, 0.15) is 5.82 Å². The summed E-state index contributed by atoms with van der Waals surface area (Å²) in [6.45, 7) is 7.32. The number of imidazole rings is 1. The van der Waals surface area contributed by atoms with Gasteiger partial charge in [0.15, 0.2) is 0 Å². The van der Waals surface area contributed by atoms with Crippen molar-refractivity contribution in [2.24, 2.45) is 10.9 Å². The summed E-state index contributed by atoms with van der Waals surface area (Å²) in [6.07, 6.45) is 3.49. The monoisotopic (exact) mass is 372 g/mol. The van der Waals surface area contributed by atoms with E-state index in [2.05, 4.69) is 64.9 Å². The highest BCUT2D eigenvalue weighted by molar-refractivity contribution is 6.03. The highest BCUT2D eigenvalue weighted by Crippen LogP contribution is 2.25. The molecule has 2 aromatic carbocycles. The van der Waals surface area contributed by atoms with Crippen LogP contribution in [-0.2, 0) is 19.6 Å². The normalized spacial score (nSPS) is 20.6. The van der Waals surface area contributed by atoms with Crippen LogP contribution < -0.4 is 0 Å². The molecule has 3 aromatic rings. The van der Waals surface area contributed by atoms with Gasteiger partial charge in [0, 0.05) is 31.9 Å². The molecule has 2 aliphatic heterocycles. The minimum Gasteiger partial charge on any atom is -0.327 e. The van der Waals surface area contributed by atoms with Crippen LogP contribution in [-0.4, -0.2) is 33.3 Å². The molecule has 3 heterocycles. The maximum atomic E-state index is 5.04. The minimum absolute atomic E-state index is 0.715. The van der Waals surface area contributed by atoms with Gasteiger partial charge in [-0.15, -0.1) is 0 Å². The Balaban J connectivity index is 1.42. The fourth-order valence-corrected chi connectivity index (χ4v) is 4.49. The first-order valence-electron chi connectivity index (χ1n) is 10.6. The first-order chi connectivity index (χ1) is 13.8. The number of aryl methyl sites for hydroxylation is 1. The lowest BCUT2D eigenvalue weighted by Gasteiger charge is -2.19. The van der Waals surface area contributed by atoms with E-state index in [1.165, 1.54) is 34.6 Å². The number of hydrogen-bond acceptors (Lipinski definition) is 3. The van der Waals surface area contributed by atoms with Crippen LogP contribution in [0.3, 0.4) is 0 Å². The number of aliphatic imine (C=N–C) groups is 1. The molecule has 4 heteroatoms. The van der Waals surface area contributed by atoms with Crippen LogP contribution in [0.5, 0.6) is 0 Å². The van der Waals surface area contributed by atoms with Crippen molar-refractivity contribution in [3.05, 3.63) is 65.5 Å². The van der Waals surface area contributed by atoms with E-state index in [-0.39, 0.29) is 0 Å². The van der Waals surface area contributed by atoms with Gasteiger partial charge in [0.2, 0.25) is 0 Å². The molecule has 5 rings (SSSR count). The Kier molecular flexibility index (Phi) is 4.73. The highest BCUT2D eigenvalue weighted by atomic mass is 15.2. The molecule has 0 N–H and O–H groups in total. The molecule has 0 spiro atoms. The molecule has 0 saturated heterocycles. The summed E-state index contributed by atoms with van der Waals surface area (Å²) in [6, 6.07) is 17.5. The second-order valence-electron chi connectivity index (χ2n) is 8.36. The Hall–Kier alpha value is -2.46. The lowest BCUT2D eigenvalue weighted by molar-refractivity contribution is 0.258. The number of hydrogen-bond donors (Lipinski definition) is 0. The van der Waals surface area contributed by atoms with Crippen molar-refractivity contribution in [1.82, 2.24) is 14.5 Å². The lowest BCUT2D eigenvalue weighted by atomic mass is 9.96. The van der Waals surface area contributed by atoms with Gasteiger partial charge < -0.3 is 4.57 Å². The Labute approximate surface area is 166 Å². The van der Waals surface area contributed by atoms with E-state index < -0.39 is 0 Å². The number of aromatic nitrogens is 2. The van der Waals surface area contributed by atoms with Gasteiger partial charge in [-0.2, -0.15) is 0 Å². The molecule has 1 aromatic heterocycles. The molecular weight excluding hydrogens is 344 g/mol. The number of benzene rings is 2. The SMILES string of the molecule is C[C@H]1CCC(c2ccc3c(c2)nc2n3CCCN(Cc3ccccc3)C2)=NC1. The molecular formula is C24H28N4. The molecule has 1 atom stereocenters. The zero-order valence-electron chi connectivity index (χ0n) is 16.6. The van der Waals surface area contributed by atoms with Gasteiger partial charge >= 0.3 is 0 Å². The zero-order valence-corrected chi connectivity index (χ0v) is 16.6. The van der Waals surface area contributed by atoms with Gasteiger partial charge in [-0.25, -0.2) is 4.98 Å². The van der Waals surface area contributed by atoms with Gasteiger partial charge in [-0.1, -0.05) is 43.3 Å². The van der Waals surface area contributed by atoms with Crippen molar-refractivity contribution in [3.8, 4) is 0 Å². The topological polar surface area (TPSA) is 33.4 Å². The summed E-state index contributed by atoms with van der Waals surface area (Å²) >= 11 is 0. The minimum atomic E-state index is 0.715. The van der Waals surface area contributed by atoms with Crippen molar-refractivity contribution in [3.63, 3.8) is 0 Å². The van der Waals surface area contributed by atoms with Crippen LogP contribution in [0, 0.1) is 5.92 Å². The summed E-state index contributed by atoms with van der Waals surface area (Å²) < 4.78 is 2.43. The second kappa shape index (κ2) is 7.51. The largest absolute Gasteiger partial charge is 0.327 e. The Morgan fingerprint density at radius 2 is 1.96 bits per heavy atom. The van der Waals surface area contributed by atoms with E-state index in [1.54, 1.807) is 0 Å². The molecule has 144 valence electrons. The van der Waals surface area contributed by atoms with Crippen molar-refractivity contribution in [1.29, 1.82) is 0 Å². The molecule has 4 nitrogen and oxygen atoms in total. The van der Waals surface area contributed by atoms with Crippen LogP contribution in [0.4, 0.5) is 0 Å². The fourth-order valence-electron chi connectivity index (χ4n) is 4.49. The summed E-state index contributed by atoms with van der Waals surface area (Å²) in [5.74, 6) is 1.91. The van der Waals surface area contributed by atoms with E-state index in [4.69, 9.17) is 9.98 Å². The molecule has 28 heavy (non-hydrogen) atoms. The molecule has 0 aliphatic carbocycles. The van der Waals surface area contributed by atoms with Crippen LogP contribution in [0.2, 0.25) is 0 Å². The van der Waals surface area contributed by atoms with E-state index in [1.807, 2.05) is 0 Å². The van der Waals surface area contributed by atoms with Crippen molar-refractivity contribution in [2.45, 2.75) is 45.8 Å². The summed E-state index contributed by atoms with van der Waals surface area (Å²) in [4.78, 5) is 12.4. The van der Waals surface area contributed by atoms with Crippen LogP contribution in [0.25, 0.3) is 11.0 Å². The van der Waals surface area contributed by atoms with Crippen LogP contribution >= 0.6 is 0 Å². The van der Waals surface area contributed by atoms with Crippen LogP contribution in [0.15, 0.2) is 53.5 Å². The average molecular weight is 373 g/mol. The third-order valence-electron chi connectivity index (χ3n) is 6.10. The van der Waals surface area contributed by atoms with Crippen molar-refractivity contribution >= 4 is 16.7 Å². The average Bonchev–Trinajstić information content (AvgIpc) is 2.93. The molecule has 0 bridgehead atoms. The fraction of sp³-hybridized carbons (Fsp3) is 0.417. The molecule has 0 saturated carbocycles. The standard InChI is InChI=1S/C24H28N4/c1-18-8-10-21(25-15-18)20-9-11-23-22(14-20)26-24-17-27(12-5-13-28(23)24)16-19-6-3-2-4-7-19/h2-4,6-7,9,11,14,18H,5,8,10,12-13,15-17H2,1H3/t18-/m0/s1. The maximum Gasteiger partial charge on any atom is 0.124 e. The Morgan fingerprint density at radius 1 is 1.07 bits per heavy atom. The third kappa shape index (κ3) is 3.49.